The van der Waals surface area contributed by atoms with Gasteiger partial charge in [-0.05, 0) is 13.3 Å². The number of nitrogens with zero attached hydrogens (tertiary/aromatic N) is 4. The third kappa shape index (κ3) is 3.51. The molecule has 8 heteroatoms. The number of carboxylic acid groups (broad SMARTS) is 1. The van der Waals surface area contributed by atoms with E-state index in [1.807, 2.05) is 20.2 Å². The summed E-state index contributed by atoms with van der Waals surface area (Å²) in [7, 11) is 1.81. The van der Waals surface area contributed by atoms with Gasteiger partial charge >= 0.3 is 5.97 Å². The van der Waals surface area contributed by atoms with Crippen molar-refractivity contribution in [1.82, 2.24) is 19.7 Å². The highest BCUT2D eigenvalue weighted by molar-refractivity contribution is 7.17. The lowest BCUT2D eigenvalue weighted by Crippen LogP contribution is -2.36. The Morgan fingerprint density at radius 2 is 2.18 bits per heavy atom. The van der Waals surface area contributed by atoms with E-state index >= 15 is 0 Å². The van der Waals surface area contributed by atoms with Crippen LogP contribution < -0.4 is 0 Å². The summed E-state index contributed by atoms with van der Waals surface area (Å²) in [6.45, 7) is 3.77. The van der Waals surface area contributed by atoms with E-state index in [1.165, 1.54) is 16.2 Å². The van der Waals surface area contributed by atoms with Crippen molar-refractivity contribution in [1.29, 1.82) is 0 Å². The molecule has 0 spiro atoms. The first kappa shape index (κ1) is 16.2. The minimum absolute atomic E-state index is 0.283. The molecule has 2 rings (SSSR count). The molecule has 0 saturated carbocycles. The summed E-state index contributed by atoms with van der Waals surface area (Å²) >= 11 is 1.27. The molecule has 2 aromatic heterocycles. The first-order valence-corrected chi connectivity index (χ1v) is 7.71. The number of amides is 1. The van der Waals surface area contributed by atoms with E-state index < -0.39 is 5.97 Å². The van der Waals surface area contributed by atoms with Crippen molar-refractivity contribution >= 4 is 23.2 Å². The monoisotopic (exact) mass is 322 g/mol. The molecule has 0 atom stereocenters. The molecule has 1 amide bonds. The molecule has 1 N–H and O–H groups in total. The first-order chi connectivity index (χ1) is 10.4. The second-order valence-corrected chi connectivity index (χ2v) is 5.96. The fourth-order valence-corrected chi connectivity index (χ4v) is 3.09. The van der Waals surface area contributed by atoms with Crippen LogP contribution in [0.1, 0.15) is 28.7 Å². The number of hydrogen-bond acceptors (Lipinski definition) is 5. The van der Waals surface area contributed by atoms with Gasteiger partial charge in [0.2, 0.25) is 0 Å². The summed E-state index contributed by atoms with van der Waals surface area (Å²) in [6, 6.07) is 0. The van der Waals surface area contributed by atoms with Crippen LogP contribution in [0.25, 0.3) is 10.6 Å². The Kier molecular flexibility index (Phi) is 4.92. The van der Waals surface area contributed by atoms with E-state index in [4.69, 9.17) is 5.11 Å². The maximum atomic E-state index is 12.6. The second kappa shape index (κ2) is 6.69. The zero-order valence-electron chi connectivity index (χ0n) is 12.7. The molecule has 0 aliphatic rings. The maximum absolute atomic E-state index is 12.6. The number of aryl methyl sites for hydroxylation is 2. The summed E-state index contributed by atoms with van der Waals surface area (Å²) in [4.78, 5) is 29.7. The molecule has 0 bridgehead atoms. The third-order valence-electron chi connectivity index (χ3n) is 3.05. The molecule has 22 heavy (non-hydrogen) atoms. The largest absolute Gasteiger partial charge is 0.480 e. The van der Waals surface area contributed by atoms with E-state index in [0.717, 1.165) is 5.56 Å². The number of aromatic nitrogens is 3. The van der Waals surface area contributed by atoms with Crippen LogP contribution in [0, 0.1) is 6.92 Å². The lowest BCUT2D eigenvalue weighted by atomic mass is 10.3. The van der Waals surface area contributed by atoms with Crippen LogP contribution in [0.4, 0.5) is 0 Å². The number of aliphatic carboxylic acids is 1. The average molecular weight is 322 g/mol. The smallest absolute Gasteiger partial charge is 0.323 e. The van der Waals surface area contributed by atoms with Gasteiger partial charge in [-0.1, -0.05) is 6.92 Å². The van der Waals surface area contributed by atoms with Gasteiger partial charge in [0.1, 0.15) is 16.4 Å². The average Bonchev–Trinajstić information content (AvgIpc) is 3.03. The van der Waals surface area contributed by atoms with Crippen molar-refractivity contribution in [2.45, 2.75) is 20.3 Å². The van der Waals surface area contributed by atoms with Crippen LogP contribution in [0.2, 0.25) is 0 Å². The van der Waals surface area contributed by atoms with Crippen molar-refractivity contribution in [2.24, 2.45) is 7.05 Å². The fourth-order valence-electron chi connectivity index (χ4n) is 2.08. The van der Waals surface area contributed by atoms with E-state index in [9.17, 15) is 9.59 Å². The molecular formula is C14H18N4O3S. The van der Waals surface area contributed by atoms with Crippen LogP contribution in [-0.4, -0.2) is 49.7 Å². The Bertz CT molecular complexity index is 692. The van der Waals surface area contributed by atoms with Gasteiger partial charge in [0, 0.05) is 25.4 Å². The summed E-state index contributed by atoms with van der Waals surface area (Å²) in [5.41, 5.74) is 1.45. The van der Waals surface area contributed by atoms with Gasteiger partial charge in [-0.3, -0.25) is 14.3 Å². The molecule has 2 aromatic rings. The minimum Gasteiger partial charge on any atom is -0.480 e. The van der Waals surface area contributed by atoms with Gasteiger partial charge in [-0.15, -0.1) is 11.3 Å². The normalized spacial score (nSPS) is 10.7. The van der Waals surface area contributed by atoms with Gasteiger partial charge < -0.3 is 10.0 Å². The molecule has 7 nitrogen and oxygen atoms in total. The van der Waals surface area contributed by atoms with Gasteiger partial charge in [-0.25, -0.2) is 4.98 Å². The number of rotatable bonds is 6. The fraction of sp³-hybridized carbons (Fsp3) is 0.429. The van der Waals surface area contributed by atoms with Crippen molar-refractivity contribution in [2.75, 3.05) is 13.1 Å². The molecule has 0 unspecified atom stereocenters. The molecule has 0 saturated heterocycles. The molecular weight excluding hydrogens is 304 g/mol. The lowest BCUT2D eigenvalue weighted by Gasteiger charge is -2.19. The zero-order chi connectivity index (χ0) is 16.3. The van der Waals surface area contributed by atoms with Gasteiger partial charge in [0.25, 0.3) is 5.91 Å². The Hall–Kier alpha value is -2.22. The topological polar surface area (TPSA) is 88.3 Å². The van der Waals surface area contributed by atoms with Crippen molar-refractivity contribution in [3.05, 3.63) is 23.0 Å². The molecule has 0 aromatic carbocycles. The Morgan fingerprint density at radius 1 is 1.45 bits per heavy atom. The Balaban J connectivity index is 2.29. The first-order valence-electron chi connectivity index (χ1n) is 6.90. The van der Waals surface area contributed by atoms with Crippen LogP contribution >= 0.6 is 11.3 Å². The predicted octanol–water partition coefficient (Wildman–Crippen LogP) is 1.79. The predicted molar refractivity (Wildman–Crippen MR) is 82.9 cm³/mol. The Labute approximate surface area is 132 Å². The highest BCUT2D eigenvalue weighted by Gasteiger charge is 2.23. The van der Waals surface area contributed by atoms with Crippen LogP contribution in [0.5, 0.6) is 0 Å². The highest BCUT2D eigenvalue weighted by Crippen LogP contribution is 2.28. The van der Waals surface area contributed by atoms with Gasteiger partial charge in [0.05, 0.1) is 11.9 Å². The summed E-state index contributed by atoms with van der Waals surface area (Å²) in [5.74, 6) is -1.30. The third-order valence-corrected chi connectivity index (χ3v) is 4.24. The molecule has 0 radical (unpaired) electrons. The highest BCUT2D eigenvalue weighted by atomic mass is 32.1. The number of thiazole rings is 1. The standard InChI is InChI=1S/C14H18N4O3S/c1-4-5-18(8-11(19)20)14(21)12-9(2)16-13(22-12)10-6-15-17(3)7-10/h6-7H,4-5,8H2,1-3H3,(H,19,20). The number of carbonyl (C=O) groups excluding carboxylic acids is 1. The zero-order valence-corrected chi connectivity index (χ0v) is 13.6. The lowest BCUT2D eigenvalue weighted by molar-refractivity contribution is -0.137. The van der Waals surface area contributed by atoms with Crippen molar-refractivity contribution < 1.29 is 14.7 Å². The summed E-state index contributed by atoms with van der Waals surface area (Å²) < 4.78 is 1.67. The maximum Gasteiger partial charge on any atom is 0.323 e. The second-order valence-electron chi connectivity index (χ2n) is 4.96. The Morgan fingerprint density at radius 3 is 2.73 bits per heavy atom. The summed E-state index contributed by atoms with van der Waals surface area (Å²) in [6.07, 6.45) is 4.22. The number of carboxylic acids is 1. The summed E-state index contributed by atoms with van der Waals surface area (Å²) in [5, 5.41) is 13.7. The number of hydrogen-bond donors (Lipinski definition) is 1. The van der Waals surface area contributed by atoms with E-state index in [2.05, 4.69) is 10.1 Å². The molecule has 2 heterocycles. The van der Waals surface area contributed by atoms with E-state index in [0.29, 0.717) is 28.5 Å². The van der Waals surface area contributed by atoms with Crippen LogP contribution in [0.15, 0.2) is 12.4 Å². The van der Waals surface area contributed by atoms with Gasteiger partial charge in [0.15, 0.2) is 0 Å². The SMILES string of the molecule is CCCN(CC(=O)O)C(=O)c1sc(-c2cnn(C)c2)nc1C. The van der Waals surface area contributed by atoms with Crippen LogP contribution in [-0.2, 0) is 11.8 Å². The molecule has 0 aliphatic heterocycles. The van der Waals surface area contributed by atoms with Crippen LogP contribution in [0.3, 0.4) is 0 Å². The minimum atomic E-state index is -1.02. The number of carbonyl (C=O) groups is 2. The van der Waals surface area contributed by atoms with Crippen molar-refractivity contribution in [3.8, 4) is 10.6 Å². The van der Waals surface area contributed by atoms with E-state index in [1.54, 1.807) is 17.8 Å². The van der Waals surface area contributed by atoms with Gasteiger partial charge in [-0.2, -0.15) is 5.10 Å². The molecule has 118 valence electrons. The van der Waals surface area contributed by atoms with Crippen molar-refractivity contribution in [3.63, 3.8) is 0 Å². The quantitative estimate of drug-likeness (QED) is 0.876. The molecule has 0 aliphatic carbocycles. The molecule has 0 fully saturated rings. The van der Waals surface area contributed by atoms with E-state index in [-0.39, 0.29) is 12.5 Å².